The predicted molar refractivity (Wildman–Crippen MR) is 67.8 cm³/mol. The molecule has 0 aliphatic carbocycles. The third kappa shape index (κ3) is 4.07. The third-order valence-corrected chi connectivity index (χ3v) is 3.41. The maximum Gasteiger partial charge on any atom is 0.320 e. The largest absolute Gasteiger partial charge is 0.481 e. The Bertz CT molecular complexity index is 323. The fourth-order valence-corrected chi connectivity index (χ4v) is 2.27. The van der Waals surface area contributed by atoms with Crippen molar-refractivity contribution in [3.05, 3.63) is 0 Å². The number of methoxy groups -OCH3 is 1. The molecule has 2 atom stereocenters. The molecule has 1 aliphatic rings. The second kappa shape index (κ2) is 7.30. The number of carboxylic acids is 1. The first-order valence-corrected chi connectivity index (χ1v) is 6.37. The number of likely N-dealkylation sites (tertiary alicyclic amines) is 1. The summed E-state index contributed by atoms with van der Waals surface area (Å²) in [5, 5.41) is 18.0. The molecule has 2 unspecified atom stereocenters. The van der Waals surface area contributed by atoms with Gasteiger partial charge < -0.3 is 24.7 Å². The van der Waals surface area contributed by atoms with E-state index in [0.29, 0.717) is 19.7 Å². The van der Waals surface area contributed by atoms with Gasteiger partial charge in [-0.1, -0.05) is 6.92 Å². The number of carbonyl (C=O) groups excluding carboxylic acids is 1. The first kappa shape index (κ1) is 15.7. The molecule has 1 fully saturated rings. The fourth-order valence-electron chi connectivity index (χ4n) is 2.27. The van der Waals surface area contributed by atoms with Gasteiger partial charge in [0.05, 0.1) is 19.1 Å². The van der Waals surface area contributed by atoms with Crippen LogP contribution >= 0.6 is 0 Å². The Morgan fingerprint density at radius 3 is 2.53 bits per heavy atom. The van der Waals surface area contributed by atoms with E-state index in [4.69, 9.17) is 14.9 Å². The van der Waals surface area contributed by atoms with E-state index in [2.05, 4.69) is 0 Å². The summed E-state index contributed by atoms with van der Waals surface area (Å²) in [5.74, 6) is -1.43. The van der Waals surface area contributed by atoms with Crippen LogP contribution in [0.25, 0.3) is 0 Å². The Hall–Kier alpha value is -1.34. The lowest BCUT2D eigenvalue weighted by molar-refractivity contribution is -0.142. The molecule has 1 heterocycles. The summed E-state index contributed by atoms with van der Waals surface area (Å²) in [6, 6.07) is -0.235. The van der Waals surface area contributed by atoms with Crippen molar-refractivity contribution in [1.82, 2.24) is 9.80 Å². The highest BCUT2D eigenvalue weighted by Gasteiger charge is 2.38. The third-order valence-electron chi connectivity index (χ3n) is 3.41. The molecular weight excluding hydrogens is 252 g/mol. The van der Waals surface area contributed by atoms with Crippen LogP contribution in [0.2, 0.25) is 0 Å². The summed E-state index contributed by atoms with van der Waals surface area (Å²) in [4.78, 5) is 26.3. The number of rotatable bonds is 6. The van der Waals surface area contributed by atoms with Crippen molar-refractivity contribution in [2.45, 2.75) is 6.92 Å². The zero-order chi connectivity index (χ0) is 14.4. The number of hydrogen-bond donors (Lipinski definition) is 2. The van der Waals surface area contributed by atoms with Crippen molar-refractivity contribution in [3.63, 3.8) is 0 Å². The normalized spacial score (nSPS) is 22.6. The second-order valence-corrected chi connectivity index (χ2v) is 4.81. The first-order chi connectivity index (χ1) is 9.01. The molecule has 7 heteroatoms. The highest BCUT2D eigenvalue weighted by atomic mass is 16.5. The van der Waals surface area contributed by atoms with Crippen LogP contribution in [0.4, 0.5) is 4.79 Å². The lowest BCUT2D eigenvalue weighted by Crippen LogP contribution is -2.45. The number of ether oxygens (including phenoxy) is 1. The molecule has 110 valence electrons. The molecule has 7 nitrogen and oxygen atoms in total. The van der Waals surface area contributed by atoms with Gasteiger partial charge in [-0.2, -0.15) is 0 Å². The van der Waals surface area contributed by atoms with Crippen LogP contribution in [-0.2, 0) is 9.53 Å². The van der Waals surface area contributed by atoms with Crippen molar-refractivity contribution in [2.75, 3.05) is 46.5 Å². The SMILES string of the molecule is COCCN(CCO)C(=O)N1CC(C)C(C(=O)O)C1. The molecule has 2 N–H and O–H groups in total. The van der Waals surface area contributed by atoms with Gasteiger partial charge in [0.15, 0.2) is 0 Å². The van der Waals surface area contributed by atoms with E-state index in [1.54, 1.807) is 7.11 Å². The van der Waals surface area contributed by atoms with Gasteiger partial charge in [0.2, 0.25) is 0 Å². The molecule has 0 spiro atoms. The van der Waals surface area contributed by atoms with Crippen LogP contribution in [0, 0.1) is 11.8 Å². The summed E-state index contributed by atoms with van der Waals surface area (Å²) < 4.78 is 4.92. The standard InChI is InChI=1S/C12H22N2O5/c1-9-7-14(8-10(9)11(16)17)12(18)13(3-5-15)4-6-19-2/h9-10,15H,3-8H2,1-2H3,(H,16,17). The van der Waals surface area contributed by atoms with Gasteiger partial charge in [-0.3, -0.25) is 4.79 Å². The van der Waals surface area contributed by atoms with Crippen LogP contribution in [0.3, 0.4) is 0 Å². The number of aliphatic hydroxyl groups excluding tert-OH is 1. The van der Waals surface area contributed by atoms with Gasteiger partial charge in [0, 0.05) is 33.3 Å². The van der Waals surface area contributed by atoms with Crippen molar-refractivity contribution < 1.29 is 24.5 Å². The molecule has 0 saturated carbocycles. The van der Waals surface area contributed by atoms with E-state index in [-0.39, 0.29) is 31.6 Å². The molecule has 0 aromatic heterocycles. The number of aliphatic hydroxyl groups is 1. The Morgan fingerprint density at radius 2 is 2.05 bits per heavy atom. The van der Waals surface area contributed by atoms with Crippen LogP contribution in [0.15, 0.2) is 0 Å². The van der Waals surface area contributed by atoms with Crippen LogP contribution in [-0.4, -0.2) is 78.5 Å². The first-order valence-electron chi connectivity index (χ1n) is 6.37. The van der Waals surface area contributed by atoms with Gasteiger partial charge in [-0.25, -0.2) is 4.79 Å². The second-order valence-electron chi connectivity index (χ2n) is 4.81. The number of urea groups is 1. The summed E-state index contributed by atoms with van der Waals surface area (Å²) in [7, 11) is 1.54. The predicted octanol–water partition coefficient (Wildman–Crippen LogP) is -0.300. The minimum absolute atomic E-state index is 0.0557. The van der Waals surface area contributed by atoms with Gasteiger partial charge in [0.25, 0.3) is 0 Å². The minimum atomic E-state index is -0.867. The summed E-state index contributed by atoms with van der Waals surface area (Å²) in [6.07, 6.45) is 0. The number of carbonyl (C=O) groups is 2. The highest BCUT2D eigenvalue weighted by Crippen LogP contribution is 2.24. The summed E-state index contributed by atoms with van der Waals surface area (Å²) >= 11 is 0. The molecule has 2 amide bonds. The number of nitrogens with zero attached hydrogens (tertiary/aromatic N) is 2. The molecule has 1 aliphatic heterocycles. The average molecular weight is 274 g/mol. The van der Waals surface area contributed by atoms with E-state index < -0.39 is 11.9 Å². The number of hydrogen-bond acceptors (Lipinski definition) is 4. The van der Waals surface area contributed by atoms with Gasteiger partial charge in [-0.15, -0.1) is 0 Å². The fraction of sp³-hybridized carbons (Fsp3) is 0.833. The van der Waals surface area contributed by atoms with Crippen molar-refractivity contribution in [3.8, 4) is 0 Å². The number of amides is 2. The number of carboxylic acid groups (broad SMARTS) is 1. The van der Waals surface area contributed by atoms with Gasteiger partial charge in [-0.05, 0) is 5.92 Å². The molecule has 0 aromatic rings. The number of aliphatic carboxylic acids is 1. The Labute approximate surface area is 112 Å². The monoisotopic (exact) mass is 274 g/mol. The quantitative estimate of drug-likeness (QED) is 0.694. The van der Waals surface area contributed by atoms with Crippen molar-refractivity contribution in [2.24, 2.45) is 11.8 Å². The lowest BCUT2D eigenvalue weighted by Gasteiger charge is -2.27. The van der Waals surface area contributed by atoms with Crippen LogP contribution in [0.1, 0.15) is 6.92 Å². The molecule has 0 radical (unpaired) electrons. The van der Waals surface area contributed by atoms with E-state index >= 15 is 0 Å². The maximum absolute atomic E-state index is 12.2. The average Bonchev–Trinajstić information content (AvgIpc) is 2.76. The minimum Gasteiger partial charge on any atom is -0.481 e. The maximum atomic E-state index is 12.2. The Balaban J connectivity index is 2.62. The summed E-state index contributed by atoms with van der Waals surface area (Å²) in [5.41, 5.74) is 0. The Morgan fingerprint density at radius 1 is 1.37 bits per heavy atom. The van der Waals surface area contributed by atoms with E-state index in [1.165, 1.54) is 9.80 Å². The molecule has 1 rings (SSSR count). The van der Waals surface area contributed by atoms with Crippen molar-refractivity contribution in [1.29, 1.82) is 0 Å². The van der Waals surface area contributed by atoms with E-state index in [0.717, 1.165) is 0 Å². The topological polar surface area (TPSA) is 90.3 Å². The Kier molecular flexibility index (Phi) is 6.04. The molecule has 0 bridgehead atoms. The molecular formula is C12H22N2O5. The molecule has 19 heavy (non-hydrogen) atoms. The molecule has 0 aromatic carbocycles. The zero-order valence-corrected chi connectivity index (χ0v) is 11.4. The summed E-state index contributed by atoms with van der Waals surface area (Å²) in [6.45, 7) is 3.37. The molecule has 1 saturated heterocycles. The van der Waals surface area contributed by atoms with Crippen LogP contribution < -0.4 is 0 Å². The van der Waals surface area contributed by atoms with Gasteiger partial charge >= 0.3 is 12.0 Å². The van der Waals surface area contributed by atoms with E-state index in [1.807, 2.05) is 6.92 Å². The van der Waals surface area contributed by atoms with Crippen molar-refractivity contribution >= 4 is 12.0 Å². The van der Waals surface area contributed by atoms with Crippen LogP contribution in [0.5, 0.6) is 0 Å². The highest BCUT2D eigenvalue weighted by molar-refractivity contribution is 5.77. The van der Waals surface area contributed by atoms with E-state index in [9.17, 15) is 9.59 Å². The van der Waals surface area contributed by atoms with Gasteiger partial charge in [0.1, 0.15) is 0 Å². The smallest absolute Gasteiger partial charge is 0.320 e. The zero-order valence-electron chi connectivity index (χ0n) is 11.4. The lowest BCUT2D eigenvalue weighted by atomic mass is 9.99.